The van der Waals surface area contributed by atoms with Crippen LogP contribution in [-0.2, 0) is 4.74 Å². The van der Waals surface area contributed by atoms with E-state index < -0.39 is 11.7 Å². The maximum atomic E-state index is 11.8. The molecule has 1 aromatic rings. The number of carbonyl (C=O) groups is 1. The van der Waals surface area contributed by atoms with Crippen molar-refractivity contribution in [2.45, 2.75) is 59.0 Å². The van der Waals surface area contributed by atoms with Crippen molar-refractivity contribution >= 4 is 6.09 Å². The molecule has 0 saturated heterocycles. The Morgan fingerprint density at radius 3 is 2.67 bits per heavy atom. The quantitative estimate of drug-likeness (QED) is 0.827. The van der Waals surface area contributed by atoms with E-state index in [-0.39, 0.29) is 0 Å². The summed E-state index contributed by atoms with van der Waals surface area (Å²) in [7, 11) is 0. The predicted molar refractivity (Wildman–Crippen MR) is 80.5 cm³/mol. The van der Waals surface area contributed by atoms with E-state index in [1.54, 1.807) is 12.3 Å². The Balaban J connectivity index is 1.82. The van der Waals surface area contributed by atoms with Crippen LogP contribution in [0.2, 0.25) is 0 Å². The molecule has 0 spiro atoms. The Morgan fingerprint density at radius 2 is 2.10 bits per heavy atom. The van der Waals surface area contributed by atoms with Crippen molar-refractivity contribution in [3.05, 3.63) is 12.3 Å². The summed E-state index contributed by atoms with van der Waals surface area (Å²) in [6.07, 6.45) is 6.15. The topological polar surface area (TPSA) is 53.4 Å². The van der Waals surface area contributed by atoms with Gasteiger partial charge in [-0.15, -0.1) is 5.10 Å². The molecule has 0 aliphatic heterocycles. The molecule has 5 heteroatoms. The molecule has 2 unspecified atom stereocenters. The number of ether oxygens (including phenoxy) is 2. The summed E-state index contributed by atoms with van der Waals surface area (Å²) in [5, 5.41) is 4.12. The minimum absolute atomic E-state index is 0.482. The zero-order chi connectivity index (χ0) is 15.5. The van der Waals surface area contributed by atoms with E-state index in [4.69, 9.17) is 9.47 Å². The minimum atomic E-state index is -0.524. The number of aromatic nitrogens is 2. The van der Waals surface area contributed by atoms with Crippen LogP contribution in [0.25, 0.3) is 0 Å². The third-order valence-corrected chi connectivity index (χ3v) is 3.82. The highest BCUT2D eigenvalue weighted by atomic mass is 16.6. The summed E-state index contributed by atoms with van der Waals surface area (Å²) in [4.78, 5) is 11.8. The normalized spacial score (nSPS) is 21.7. The fraction of sp³-hybridized carbons (Fsp3) is 0.750. The molecule has 21 heavy (non-hydrogen) atoms. The van der Waals surface area contributed by atoms with Crippen molar-refractivity contribution in [3.63, 3.8) is 0 Å². The molecule has 1 aromatic heterocycles. The summed E-state index contributed by atoms with van der Waals surface area (Å²) in [6.45, 7) is 8.40. The average Bonchev–Trinajstić information content (AvgIpc) is 2.81. The van der Waals surface area contributed by atoms with Crippen molar-refractivity contribution in [3.8, 4) is 5.88 Å². The first-order valence-electron chi connectivity index (χ1n) is 7.81. The van der Waals surface area contributed by atoms with Gasteiger partial charge in [-0.25, -0.2) is 4.79 Å². The van der Waals surface area contributed by atoms with Crippen molar-refractivity contribution in [1.29, 1.82) is 0 Å². The van der Waals surface area contributed by atoms with Gasteiger partial charge in [0, 0.05) is 12.3 Å². The third-order valence-electron chi connectivity index (χ3n) is 3.82. The first-order valence-corrected chi connectivity index (χ1v) is 7.81. The summed E-state index contributed by atoms with van der Waals surface area (Å²) >= 11 is 0. The van der Waals surface area contributed by atoms with Crippen molar-refractivity contribution in [2.75, 3.05) is 6.61 Å². The maximum Gasteiger partial charge on any atom is 0.435 e. The number of nitrogens with zero attached hydrogens (tertiary/aromatic N) is 2. The Labute approximate surface area is 126 Å². The summed E-state index contributed by atoms with van der Waals surface area (Å²) < 4.78 is 12.1. The van der Waals surface area contributed by atoms with E-state index in [1.165, 1.54) is 30.4 Å². The molecule has 2 atom stereocenters. The second-order valence-corrected chi connectivity index (χ2v) is 6.78. The fourth-order valence-corrected chi connectivity index (χ4v) is 2.60. The smallest absolute Gasteiger partial charge is 0.435 e. The SMILES string of the molecule is CCCC1CCC1COc1ccn(C(=O)OC(C)(C)C)n1. The summed E-state index contributed by atoms with van der Waals surface area (Å²) in [6, 6.07) is 1.71. The van der Waals surface area contributed by atoms with Gasteiger partial charge in [0.2, 0.25) is 5.88 Å². The lowest BCUT2D eigenvalue weighted by Gasteiger charge is -2.36. The van der Waals surface area contributed by atoms with E-state index in [0.29, 0.717) is 18.4 Å². The molecule has 0 aromatic carbocycles. The molecule has 118 valence electrons. The monoisotopic (exact) mass is 294 g/mol. The van der Waals surface area contributed by atoms with E-state index in [1.807, 2.05) is 20.8 Å². The molecular weight excluding hydrogens is 268 g/mol. The highest BCUT2D eigenvalue weighted by molar-refractivity contribution is 5.69. The number of rotatable bonds is 5. The van der Waals surface area contributed by atoms with E-state index >= 15 is 0 Å². The van der Waals surface area contributed by atoms with Gasteiger partial charge < -0.3 is 9.47 Å². The first-order chi connectivity index (χ1) is 9.89. The standard InChI is InChI=1S/C16H26N2O3/c1-5-6-12-7-8-13(12)11-20-14-9-10-18(17-14)15(19)21-16(2,3)4/h9-10,12-13H,5-8,11H2,1-4H3. The molecule has 1 saturated carbocycles. The van der Waals surface area contributed by atoms with Gasteiger partial charge in [0.05, 0.1) is 6.61 Å². The van der Waals surface area contributed by atoms with Crippen molar-refractivity contribution in [1.82, 2.24) is 9.78 Å². The average molecular weight is 294 g/mol. The van der Waals surface area contributed by atoms with Gasteiger partial charge in [-0.05, 0) is 45.4 Å². The van der Waals surface area contributed by atoms with Crippen LogP contribution in [0.4, 0.5) is 4.79 Å². The fourth-order valence-electron chi connectivity index (χ4n) is 2.60. The molecule has 0 radical (unpaired) electrons. The molecule has 0 N–H and O–H groups in total. The van der Waals surface area contributed by atoms with Crippen molar-refractivity contribution < 1.29 is 14.3 Å². The minimum Gasteiger partial charge on any atom is -0.476 e. The lowest BCUT2D eigenvalue weighted by Crippen LogP contribution is -2.31. The van der Waals surface area contributed by atoms with Crippen LogP contribution in [0.3, 0.4) is 0 Å². The number of hydrogen-bond donors (Lipinski definition) is 0. The van der Waals surface area contributed by atoms with Crippen LogP contribution in [0.1, 0.15) is 53.4 Å². The molecule has 2 rings (SSSR count). The number of hydrogen-bond acceptors (Lipinski definition) is 4. The summed E-state index contributed by atoms with van der Waals surface area (Å²) in [5.41, 5.74) is -0.524. The predicted octanol–water partition coefficient (Wildman–Crippen LogP) is 3.87. The van der Waals surface area contributed by atoms with Gasteiger partial charge in [-0.3, -0.25) is 0 Å². The molecule has 0 bridgehead atoms. The van der Waals surface area contributed by atoms with E-state index in [2.05, 4.69) is 12.0 Å². The van der Waals surface area contributed by atoms with Crippen molar-refractivity contribution in [2.24, 2.45) is 11.8 Å². The maximum absolute atomic E-state index is 11.8. The molecule has 1 fully saturated rings. The number of carbonyl (C=O) groups excluding carboxylic acids is 1. The highest BCUT2D eigenvalue weighted by Gasteiger charge is 2.30. The Morgan fingerprint density at radius 1 is 1.38 bits per heavy atom. The molecule has 1 aliphatic rings. The third kappa shape index (κ3) is 4.48. The lowest BCUT2D eigenvalue weighted by molar-refractivity contribution is 0.0507. The van der Waals surface area contributed by atoms with Gasteiger partial charge in [-0.1, -0.05) is 19.8 Å². The Kier molecular flexibility index (Phi) is 4.91. The Bertz CT molecular complexity index is 476. The second-order valence-electron chi connectivity index (χ2n) is 6.78. The highest BCUT2D eigenvalue weighted by Crippen LogP contribution is 2.37. The molecule has 1 aliphatic carbocycles. The molecule has 1 heterocycles. The van der Waals surface area contributed by atoms with E-state index in [0.717, 1.165) is 5.92 Å². The second kappa shape index (κ2) is 6.50. The Hall–Kier alpha value is -1.52. The molecule has 0 amide bonds. The molecule has 5 nitrogen and oxygen atoms in total. The van der Waals surface area contributed by atoms with Gasteiger partial charge >= 0.3 is 6.09 Å². The van der Waals surface area contributed by atoms with Crippen LogP contribution < -0.4 is 4.74 Å². The van der Waals surface area contributed by atoms with Crippen LogP contribution in [0.15, 0.2) is 12.3 Å². The van der Waals surface area contributed by atoms with Crippen LogP contribution in [0, 0.1) is 11.8 Å². The van der Waals surface area contributed by atoms with E-state index in [9.17, 15) is 4.79 Å². The molecular formula is C16H26N2O3. The zero-order valence-corrected chi connectivity index (χ0v) is 13.5. The van der Waals surface area contributed by atoms with Crippen LogP contribution in [-0.4, -0.2) is 28.1 Å². The largest absolute Gasteiger partial charge is 0.476 e. The zero-order valence-electron chi connectivity index (χ0n) is 13.5. The first kappa shape index (κ1) is 15.9. The lowest BCUT2D eigenvalue weighted by atomic mass is 9.72. The van der Waals surface area contributed by atoms with Gasteiger partial charge in [-0.2, -0.15) is 4.68 Å². The van der Waals surface area contributed by atoms with Gasteiger partial charge in [0.25, 0.3) is 0 Å². The van der Waals surface area contributed by atoms with Gasteiger partial charge in [0.1, 0.15) is 5.60 Å². The van der Waals surface area contributed by atoms with Gasteiger partial charge in [0.15, 0.2) is 0 Å². The van der Waals surface area contributed by atoms with Crippen LogP contribution in [0.5, 0.6) is 5.88 Å². The van der Waals surface area contributed by atoms with Crippen LogP contribution >= 0.6 is 0 Å². The summed E-state index contributed by atoms with van der Waals surface area (Å²) in [5.74, 6) is 1.92.